The molecule has 1 heterocycles. The number of nitrogens with two attached hydrogens (primary N) is 2. The Balaban J connectivity index is 2.06. The van der Waals surface area contributed by atoms with Crippen molar-refractivity contribution >= 4 is 17.3 Å². The number of benzene rings is 1. The minimum absolute atomic E-state index is 0.0350. The second-order valence-electron chi connectivity index (χ2n) is 4.32. The lowest BCUT2D eigenvalue weighted by atomic mass is 10.1. The first-order valence-electron chi connectivity index (χ1n) is 6.09. The van der Waals surface area contributed by atoms with Crippen LogP contribution in [0, 0.1) is 5.82 Å². The Kier molecular flexibility index (Phi) is 4.14. The summed E-state index contributed by atoms with van der Waals surface area (Å²) in [6, 6.07) is 6.19. The molecule has 0 aliphatic carbocycles. The molecule has 0 radical (unpaired) electrons. The number of halogens is 1. The number of nitrogen functional groups attached to an aromatic ring is 1. The Bertz CT molecular complexity index is 616. The van der Waals surface area contributed by atoms with Crippen LogP contribution in [-0.2, 0) is 6.42 Å². The highest BCUT2D eigenvalue weighted by molar-refractivity contribution is 5.99. The highest BCUT2D eigenvalue weighted by atomic mass is 19.1. The Labute approximate surface area is 115 Å². The third-order valence-corrected chi connectivity index (χ3v) is 2.86. The van der Waals surface area contributed by atoms with E-state index in [1.807, 2.05) is 12.1 Å². The molecule has 0 saturated heterocycles. The number of rotatable bonds is 5. The molecule has 0 atom stereocenters. The van der Waals surface area contributed by atoms with Gasteiger partial charge in [-0.15, -0.1) is 0 Å². The number of nitrogens with zero attached hydrogens (tertiary/aromatic N) is 1. The molecule has 0 fully saturated rings. The molecule has 1 amide bonds. The van der Waals surface area contributed by atoms with Crippen molar-refractivity contribution in [2.75, 3.05) is 17.6 Å². The highest BCUT2D eigenvalue weighted by Gasteiger charge is 2.11. The molecule has 5 N–H and O–H groups in total. The van der Waals surface area contributed by atoms with Gasteiger partial charge in [-0.3, -0.25) is 9.78 Å². The molecule has 0 aliphatic heterocycles. The highest BCUT2D eigenvalue weighted by Crippen LogP contribution is 2.21. The van der Waals surface area contributed by atoms with Crippen LogP contribution in [0.1, 0.15) is 15.9 Å². The lowest BCUT2D eigenvalue weighted by molar-refractivity contribution is 0.100. The molecular weight excluding hydrogens is 259 g/mol. The summed E-state index contributed by atoms with van der Waals surface area (Å²) >= 11 is 0. The average Bonchev–Trinajstić information content (AvgIpc) is 2.42. The molecular formula is C14H15FN4O. The van der Waals surface area contributed by atoms with Gasteiger partial charge < -0.3 is 16.8 Å². The number of hydrogen-bond donors (Lipinski definition) is 3. The van der Waals surface area contributed by atoms with Gasteiger partial charge in [0.2, 0.25) is 0 Å². The predicted molar refractivity (Wildman–Crippen MR) is 75.8 cm³/mol. The maximum absolute atomic E-state index is 13.7. The normalized spacial score (nSPS) is 10.2. The van der Waals surface area contributed by atoms with E-state index < -0.39 is 11.7 Å². The number of carbonyl (C=O) groups excluding carboxylic acids is 1. The minimum Gasteiger partial charge on any atom is -0.398 e. The van der Waals surface area contributed by atoms with Crippen molar-refractivity contribution in [1.82, 2.24) is 4.98 Å². The Hall–Kier alpha value is -2.63. The number of primary amides is 1. The van der Waals surface area contributed by atoms with E-state index in [2.05, 4.69) is 10.3 Å². The zero-order valence-electron chi connectivity index (χ0n) is 10.8. The van der Waals surface area contributed by atoms with Crippen molar-refractivity contribution in [3.63, 3.8) is 0 Å². The van der Waals surface area contributed by atoms with E-state index in [4.69, 9.17) is 11.5 Å². The van der Waals surface area contributed by atoms with E-state index in [-0.39, 0.29) is 16.9 Å². The molecule has 0 saturated carbocycles. The Morgan fingerprint density at radius 3 is 2.85 bits per heavy atom. The number of nitrogens with one attached hydrogen (secondary N) is 1. The number of hydrogen-bond acceptors (Lipinski definition) is 4. The van der Waals surface area contributed by atoms with Gasteiger partial charge in [0.25, 0.3) is 5.91 Å². The summed E-state index contributed by atoms with van der Waals surface area (Å²) in [5.74, 6) is -1.20. The molecule has 20 heavy (non-hydrogen) atoms. The van der Waals surface area contributed by atoms with Crippen LogP contribution < -0.4 is 16.8 Å². The van der Waals surface area contributed by atoms with Gasteiger partial charge in [-0.1, -0.05) is 6.07 Å². The largest absolute Gasteiger partial charge is 0.398 e. The summed E-state index contributed by atoms with van der Waals surface area (Å²) < 4.78 is 13.7. The summed E-state index contributed by atoms with van der Waals surface area (Å²) in [6.45, 7) is 0.505. The van der Waals surface area contributed by atoms with Gasteiger partial charge in [0.1, 0.15) is 5.82 Å². The van der Waals surface area contributed by atoms with Crippen molar-refractivity contribution in [3.05, 3.63) is 53.6 Å². The molecule has 5 nitrogen and oxygen atoms in total. The van der Waals surface area contributed by atoms with Crippen LogP contribution in [0.5, 0.6) is 0 Å². The zero-order chi connectivity index (χ0) is 14.5. The van der Waals surface area contributed by atoms with Crippen LogP contribution >= 0.6 is 0 Å². The van der Waals surface area contributed by atoms with Gasteiger partial charge in [0.05, 0.1) is 11.3 Å². The monoisotopic (exact) mass is 274 g/mol. The summed E-state index contributed by atoms with van der Waals surface area (Å²) in [5, 5.41) is 2.92. The standard InChI is InChI=1S/C14H15FN4O/c15-11-7-12(16)10(14(17)20)6-13(11)19-5-3-9-2-1-4-18-8-9/h1-2,4,6-8,19H,3,5,16H2,(H2,17,20). The molecule has 0 aliphatic rings. The minimum atomic E-state index is -0.683. The summed E-state index contributed by atoms with van der Waals surface area (Å²) in [4.78, 5) is 15.2. The molecule has 0 spiro atoms. The maximum atomic E-state index is 13.7. The van der Waals surface area contributed by atoms with Crippen molar-refractivity contribution in [1.29, 1.82) is 0 Å². The fraction of sp³-hybridized carbons (Fsp3) is 0.143. The molecule has 1 aromatic heterocycles. The van der Waals surface area contributed by atoms with Crippen LogP contribution in [-0.4, -0.2) is 17.4 Å². The van der Waals surface area contributed by atoms with Gasteiger partial charge in [0.15, 0.2) is 0 Å². The fourth-order valence-corrected chi connectivity index (χ4v) is 1.83. The van der Waals surface area contributed by atoms with Crippen molar-refractivity contribution in [3.8, 4) is 0 Å². The molecule has 104 valence electrons. The van der Waals surface area contributed by atoms with Crippen LogP contribution in [0.3, 0.4) is 0 Å². The summed E-state index contributed by atoms with van der Waals surface area (Å²) in [6.07, 6.45) is 4.12. The predicted octanol–water partition coefficient (Wildman–Crippen LogP) is 1.56. The SMILES string of the molecule is NC(=O)c1cc(NCCc2cccnc2)c(F)cc1N. The lowest BCUT2D eigenvalue weighted by Crippen LogP contribution is -2.15. The molecule has 2 rings (SSSR count). The van der Waals surface area contributed by atoms with E-state index in [1.54, 1.807) is 12.4 Å². The first-order valence-corrected chi connectivity index (χ1v) is 6.09. The van der Waals surface area contributed by atoms with Crippen LogP contribution in [0.4, 0.5) is 15.8 Å². The van der Waals surface area contributed by atoms with E-state index in [0.717, 1.165) is 11.6 Å². The molecule has 1 aromatic carbocycles. The molecule has 0 bridgehead atoms. The van der Waals surface area contributed by atoms with Crippen molar-refractivity contribution in [2.24, 2.45) is 5.73 Å². The third kappa shape index (κ3) is 3.23. The van der Waals surface area contributed by atoms with E-state index in [0.29, 0.717) is 13.0 Å². The number of amides is 1. The number of aromatic nitrogens is 1. The van der Waals surface area contributed by atoms with E-state index in [9.17, 15) is 9.18 Å². The zero-order valence-corrected chi connectivity index (χ0v) is 10.8. The molecule has 0 unspecified atom stereocenters. The van der Waals surface area contributed by atoms with Gasteiger partial charge in [0, 0.05) is 24.6 Å². The molecule has 6 heteroatoms. The number of carbonyl (C=O) groups is 1. The number of pyridine rings is 1. The topological polar surface area (TPSA) is 94.0 Å². The lowest BCUT2D eigenvalue weighted by Gasteiger charge is -2.10. The van der Waals surface area contributed by atoms with E-state index in [1.165, 1.54) is 6.07 Å². The van der Waals surface area contributed by atoms with Gasteiger partial charge >= 0.3 is 0 Å². The Morgan fingerprint density at radius 2 is 2.20 bits per heavy atom. The average molecular weight is 274 g/mol. The Morgan fingerprint density at radius 1 is 1.40 bits per heavy atom. The second kappa shape index (κ2) is 6.01. The summed E-state index contributed by atoms with van der Waals surface area (Å²) in [5.41, 5.74) is 12.1. The summed E-state index contributed by atoms with van der Waals surface area (Å²) in [7, 11) is 0. The first-order chi connectivity index (χ1) is 9.58. The quantitative estimate of drug-likeness (QED) is 0.721. The number of anilines is 2. The second-order valence-corrected chi connectivity index (χ2v) is 4.32. The smallest absolute Gasteiger partial charge is 0.250 e. The van der Waals surface area contributed by atoms with Crippen molar-refractivity contribution < 1.29 is 9.18 Å². The van der Waals surface area contributed by atoms with Crippen molar-refractivity contribution in [2.45, 2.75) is 6.42 Å². The molecule has 2 aromatic rings. The fourth-order valence-electron chi connectivity index (χ4n) is 1.83. The van der Waals surface area contributed by atoms with E-state index >= 15 is 0 Å². The third-order valence-electron chi connectivity index (χ3n) is 2.86. The van der Waals surface area contributed by atoms with Gasteiger partial charge in [-0.2, -0.15) is 0 Å². The van der Waals surface area contributed by atoms with Gasteiger partial charge in [-0.25, -0.2) is 4.39 Å². The van der Waals surface area contributed by atoms with Crippen LogP contribution in [0.15, 0.2) is 36.7 Å². The maximum Gasteiger partial charge on any atom is 0.250 e. The van der Waals surface area contributed by atoms with Gasteiger partial charge in [-0.05, 0) is 30.2 Å². The first kappa shape index (κ1) is 13.8. The van der Waals surface area contributed by atoms with Crippen LogP contribution in [0.25, 0.3) is 0 Å². The van der Waals surface area contributed by atoms with Crippen LogP contribution in [0.2, 0.25) is 0 Å².